The number of rotatable bonds is 0. The second kappa shape index (κ2) is 15.9. The number of allylic oxidation sites excluding steroid dienone is 1. The fraction of sp³-hybridized carbons (Fsp3) is 0.333. The van der Waals surface area contributed by atoms with E-state index in [-0.39, 0.29) is 0 Å². The molecule has 1 rings (SSSR count). The Morgan fingerprint density at radius 3 is 1.45 bits per heavy atom. The molecular formula is C9H16N2. The molecule has 0 saturated carbocycles. The highest BCUT2D eigenvalue weighted by Crippen LogP contribution is 1.68. The fourth-order valence-electron chi connectivity index (χ4n) is 0.253. The topological polar surface area (TPSA) is 25.8 Å². The van der Waals surface area contributed by atoms with Crippen LogP contribution in [0.3, 0.4) is 0 Å². The maximum absolute atomic E-state index is 3.53. The fourth-order valence-corrected chi connectivity index (χ4v) is 0.253. The molecule has 0 aromatic carbocycles. The molecule has 0 aliphatic carbocycles. The monoisotopic (exact) mass is 152 g/mol. The number of hydrogen-bond donors (Lipinski definition) is 0. The normalized spacial score (nSPS) is 6.09. The van der Waals surface area contributed by atoms with Crippen LogP contribution in [-0.2, 0) is 0 Å². The van der Waals surface area contributed by atoms with Gasteiger partial charge in [0.1, 0.15) is 0 Å². The first-order chi connectivity index (χ1) is 5.41. The van der Waals surface area contributed by atoms with Gasteiger partial charge >= 0.3 is 0 Å². The minimum absolute atomic E-state index is 1.64. The Morgan fingerprint density at radius 1 is 1.09 bits per heavy atom. The molecule has 1 aromatic heterocycles. The highest BCUT2D eigenvalue weighted by atomic mass is 15.1. The van der Waals surface area contributed by atoms with Crippen molar-refractivity contribution in [1.29, 1.82) is 0 Å². The van der Waals surface area contributed by atoms with Crippen molar-refractivity contribution in [3.63, 3.8) is 0 Å². The van der Waals surface area contributed by atoms with E-state index in [4.69, 9.17) is 0 Å². The summed E-state index contributed by atoms with van der Waals surface area (Å²) in [7, 11) is 0. The van der Waals surface area contributed by atoms with E-state index < -0.39 is 0 Å². The molecule has 0 unspecified atom stereocenters. The van der Waals surface area contributed by atoms with Crippen molar-refractivity contribution in [3.05, 3.63) is 37.2 Å². The van der Waals surface area contributed by atoms with E-state index in [0.717, 1.165) is 0 Å². The van der Waals surface area contributed by atoms with E-state index in [2.05, 4.69) is 16.8 Å². The molecule has 0 radical (unpaired) electrons. The van der Waals surface area contributed by atoms with Crippen LogP contribution in [0.25, 0.3) is 0 Å². The molecule has 0 bridgehead atoms. The first kappa shape index (κ1) is 12.5. The van der Waals surface area contributed by atoms with Crippen LogP contribution in [-0.4, -0.2) is 10.2 Å². The average Bonchev–Trinajstić information content (AvgIpc) is 2.12. The van der Waals surface area contributed by atoms with Gasteiger partial charge < -0.3 is 0 Å². The van der Waals surface area contributed by atoms with Crippen LogP contribution in [0, 0.1) is 0 Å². The molecular weight excluding hydrogens is 136 g/mol. The molecule has 0 amide bonds. The van der Waals surface area contributed by atoms with Crippen molar-refractivity contribution in [1.82, 2.24) is 10.2 Å². The zero-order valence-electron chi connectivity index (χ0n) is 7.49. The summed E-state index contributed by atoms with van der Waals surface area (Å²) in [4.78, 5) is 0. The summed E-state index contributed by atoms with van der Waals surface area (Å²) in [6, 6.07) is 3.65. The maximum Gasteiger partial charge on any atom is 0.0496 e. The van der Waals surface area contributed by atoms with E-state index in [1.165, 1.54) is 0 Å². The van der Waals surface area contributed by atoms with Crippen molar-refractivity contribution < 1.29 is 0 Å². The van der Waals surface area contributed by atoms with Crippen molar-refractivity contribution in [2.45, 2.75) is 20.8 Å². The van der Waals surface area contributed by atoms with Gasteiger partial charge in [0.2, 0.25) is 0 Å². The summed E-state index contributed by atoms with van der Waals surface area (Å²) >= 11 is 0. The standard InChI is InChI=1S/C4H4N2.C3H6.C2H6/c1-2-4-6-5-3-1;1-3-2;1-2/h1-4H;3H,1H2,2H3;1-2H3. The second-order valence-electron chi connectivity index (χ2n) is 1.32. The van der Waals surface area contributed by atoms with E-state index in [9.17, 15) is 0 Å². The molecule has 0 atom stereocenters. The summed E-state index contributed by atoms with van der Waals surface area (Å²) < 4.78 is 0. The molecule has 1 aromatic rings. The van der Waals surface area contributed by atoms with Gasteiger partial charge in [-0.3, -0.25) is 0 Å². The van der Waals surface area contributed by atoms with E-state index in [1.54, 1.807) is 18.5 Å². The van der Waals surface area contributed by atoms with Gasteiger partial charge in [-0.1, -0.05) is 19.9 Å². The SMILES string of the molecule is C=CC.CC.c1ccnnc1. The third kappa shape index (κ3) is 17.7. The quantitative estimate of drug-likeness (QED) is 0.534. The van der Waals surface area contributed by atoms with Gasteiger partial charge in [-0.25, -0.2) is 0 Å². The maximum atomic E-state index is 3.53. The lowest BCUT2D eigenvalue weighted by Gasteiger charge is -1.69. The Kier molecular flexibility index (Phi) is 18.1. The number of nitrogens with zero attached hydrogens (tertiary/aromatic N) is 2. The van der Waals surface area contributed by atoms with E-state index >= 15 is 0 Å². The van der Waals surface area contributed by atoms with Gasteiger partial charge in [0.15, 0.2) is 0 Å². The van der Waals surface area contributed by atoms with Crippen LogP contribution in [0.1, 0.15) is 20.8 Å². The van der Waals surface area contributed by atoms with Crippen molar-refractivity contribution in [2.75, 3.05) is 0 Å². The van der Waals surface area contributed by atoms with Gasteiger partial charge in [-0.2, -0.15) is 10.2 Å². The second-order valence-corrected chi connectivity index (χ2v) is 1.32. The van der Waals surface area contributed by atoms with E-state index in [1.807, 2.05) is 32.9 Å². The zero-order valence-corrected chi connectivity index (χ0v) is 7.49. The van der Waals surface area contributed by atoms with Crippen molar-refractivity contribution >= 4 is 0 Å². The molecule has 0 N–H and O–H groups in total. The first-order valence-electron chi connectivity index (χ1n) is 3.70. The predicted molar refractivity (Wildman–Crippen MR) is 49.3 cm³/mol. The molecule has 11 heavy (non-hydrogen) atoms. The summed E-state index contributed by atoms with van der Waals surface area (Å²) in [5.41, 5.74) is 0. The number of aromatic nitrogens is 2. The Morgan fingerprint density at radius 2 is 1.36 bits per heavy atom. The molecule has 62 valence electrons. The van der Waals surface area contributed by atoms with Crippen LogP contribution in [0.5, 0.6) is 0 Å². The van der Waals surface area contributed by atoms with Crippen LogP contribution in [0.4, 0.5) is 0 Å². The highest BCUT2D eigenvalue weighted by molar-refractivity contribution is 4.79. The smallest absolute Gasteiger partial charge is 0.0496 e. The third-order valence-electron chi connectivity index (χ3n) is 0.483. The third-order valence-corrected chi connectivity index (χ3v) is 0.483. The lowest BCUT2D eigenvalue weighted by atomic mass is 10.6. The van der Waals surface area contributed by atoms with Crippen LogP contribution < -0.4 is 0 Å². The van der Waals surface area contributed by atoms with Gasteiger partial charge in [-0.05, 0) is 19.1 Å². The zero-order chi connectivity index (χ0) is 8.95. The predicted octanol–water partition coefficient (Wildman–Crippen LogP) is 2.70. The molecule has 0 spiro atoms. The lowest BCUT2D eigenvalue weighted by Crippen LogP contribution is -1.69. The van der Waals surface area contributed by atoms with Gasteiger partial charge in [-0.15, -0.1) is 6.58 Å². The summed E-state index contributed by atoms with van der Waals surface area (Å²) in [5, 5.41) is 7.07. The molecule has 0 aliphatic heterocycles. The van der Waals surface area contributed by atoms with Gasteiger partial charge in [0.05, 0.1) is 0 Å². The number of hydrogen-bond acceptors (Lipinski definition) is 2. The van der Waals surface area contributed by atoms with Crippen molar-refractivity contribution in [3.8, 4) is 0 Å². The molecule has 0 fully saturated rings. The van der Waals surface area contributed by atoms with Crippen LogP contribution in [0.2, 0.25) is 0 Å². The highest BCUT2D eigenvalue weighted by Gasteiger charge is 1.59. The molecule has 2 heteroatoms. The van der Waals surface area contributed by atoms with Crippen LogP contribution >= 0.6 is 0 Å². The minimum Gasteiger partial charge on any atom is -0.159 e. The Labute approximate surface area is 69.0 Å². The van der Waals surface area contributed by atoms with Crippen molar-refractivity contribution in [2.24, 2.45) is 0 Å². The Balaban J connectivity index is 0. The molecule has 0 saturated heterocycles. The first-order valence-corrected chi connectivity index (χ1v) is 3.70. The molecule has 2 nitrogen and oxygen atoms in total. The average molecular weight is 152 g/mol. The molecule has 1 heterocycles. The van der Waals surface area contributed by atoms with Gasteiger partial charge in [0, 0.05) is 12.4 Å². The minimum atomic E-state index is 1.64. The summed E-state index contributed by atoms with van der Waals surface area (Å²) in [5.74, 6) is 0. The van der Waals surface area contributed by atoms with E-state index in [0.29, 0.717) is 0 Å². The Hall–Kier alpha value is -1.18. The summed E-state index contributed by atoms with van der Waals surface area (Å²) in [6.45, 7) is 9.25. The molecule has 0 aliphatic rings. The summed E-state index contributed by atoms with van der Waals surface area (Å²) in [6.07, 6.45) is 5.03. The Bertz CT molecular complexity index is 111. The van der Waals surface area contributed by atoms with Gasteiger partial charge in [0.25, 0.3) is 0 Å². The van der Waals surface area contributed by atoms with Crippen LogP contribution in [0.15, 0.2) is 37.2 Å². The lowest BCUT2D eigenvalue weighted by molar-refractivity contribution is 1.03. The largest absolute Gasteiger partial charge is 0.159 e.